The molecular weight excluding hydrogens is 364 g/mol. The molecule has 1 atom stereocenters. The fourth-order valence-corrected chi connectivity index (χ4v) is 3.48. The van der Waals surface area contributed by atoms with E-state index in [1.165, 1.54) is 31.2 Å². The summed E-state index contributed by atoms with van der Waals surface area (Å²) in [6.07, 6.45) is 6.88. The number of furan rings is 1. The Bertz CT molecular complexity index is 866. The number of aliphatic hydroxyl groups is 2. The lowest BCUT2D eigenvalue weighted by atomic mass is 10.0. The van der Waals surface area contributed by atoms with Crippen LogP contribution in [-0.2, 0) is 12.8 Å². The standard InChI is InChI=1S/C25H32O4/c1-2-3-4-5-7-20-11-14-24-21(16-20)17-25(29-24)23(27)18-28-22-12-9-19(10-13-22)8-6-15-26/h9-14,16-17,23,26-27H,2-8,15,18H2,1H3. The predicted octanol–water partition coefficient (Wildman–Crippen LogP) is 5.59. The van der Waals surface area contributed by atoms with Gasteiger partial charge in [0, 0.05) is 12.0 Å². The van der Waals surface area contributed by atoms with Crippen molar-refractivity contribution in [2.24, 2.45) is 0 Å². The van der Waals surface area contributed by atoms with Gasteiger partial charge in [0.1, 0.15) is 29.8 Å². The fourth-order valence-electron chi connectivity index (χ4n) is 3.48. The van der Waals surface area contributed by atoms with Crippen molar-refractivity contribution < 1.29 is 19.4 Å². The second-order valence-corrected chi connectivity index (χ2v) is 7.63. The molecule has 0 fully saturated rings. The zero-order chi connectivity index (χ0) is 20.5. The van der Waals surface area contributed by atoms with Crippen LogP contribution < -0.4 is 4.74 Å². The molecule has 4 heteroatoms. The molecular formula is C25H32O4. The van der Waals surface area contributed by atoms with Crippen molar-refractivity contribution in [3.05, 3.63) is 65.4 Å². The molecule has 1 aromatic heterocycles. The number of aliphatic hydroxyl groups excluding tert-OH is 2. The van der Waals surface area contributed by atoms with Gasteiger partial charge in [0.2, 0.25) is 0 Å². The summed E-state index contributed by atoms with van der Waals surface area (Å²) >= 11 is 0. The van der Waals surface area contributed by atoms with Crippen LogP contribution in [0.1, 0.15) is 62.0 Å². The summed E-state index contributed by atoms with van der Waals surface area (Å²) in [6.45, 7) is 2.56. The van der Waals surface area contributed by atoms with E-state index in [9.17, 15) is 5.11 Å². The highest BCUT2D eigenvalue weighted by molar-refractivity contribution is 5.78. The molecule has 0 aliphatic carbocycles. The maximum absolute atomic E-state index is 10.5. The molecule has 156 valence electrons. The molecule has 0 amide bonds. The van der Waals surface area contributed by atoms with Gasteiger partial charge < -0.3 is 19.4 Å². The van der Waals surface area contributed by atoms with Gasteiger partial charge in [-0.15, -0.1) is 0 Å². The monoisotopic (exact) mass is 396 g/mol. The summed E-state index contributed by atoms with van der Waals surface area (Å²) in [7, 11) is 0. The summed E-state index contributed by atoms with van der Waals surface area (Å²) in [5.41, 5.74) is 3.27. The van der Waals surface area contributed by atoms with E-state index in [1.807, 2.05) is 36.4 Å². The van der Waals surface area contributed by atoms with E-state index < -0.39 is 6.10 Å². The van der Waals surface area contributed by atoms with Gasteiger partial charge in [0.05, 0.1) is 0 Å². The van der Waals surface area contributed by atoms with Crippen LogP contribution in [0.4, 0.5) is 0 Å². The highest BCUT2D eigenvalue weighted by Crippen LogP contribution is 2.26. The minimum Gasteiger partial charge on any atom is -0.490 e. The molecule has 0 bridgehead atoms. The smallest absolute Gasteiger partial charge is 0.145 e. The fraction of sp³-hybridized carbons (Fsp3) is 0.440. The van der Waals surface area contributed by atoms with E-state index in [4.69, 9.17) is 14.3 Å². The molecule has 3 rings (SSSR count). The van der Waals surface area contributed by atoms with Crippen LogP contribution in [0, 0.1) is 0 Å². The van der Waals surface area contributed by atoms with Crippen molar-refractivity contribution in [3.63, 3.8) is 0 Å². The lowest BCUT2D eigenvalue weighted by Gasteiger charge is -2.10. The molecule has 0 aliphatic heterocycles. The van der Waals surface area contributed by atoms with Crippen LogP contribution in [0.25, 0.3) is 11.0 Å². The summed E-state index contributed by atoms with van der Waals surface area (Å²) in [4.78, 5) is 0. The molecule has 0 saturated carbocycles. The molecule has 4 nitrogen and oxygen atoms in total. The number of benzene rings is 2. The largest absolute Gasteiger partial charge is 0.490 e. The number of rotatable bonds is 12. The SMILES string of the molecule is CCCCCCc1ccc2oc(C(O)COc3ccc(CCCO)cc3)cc2c1. The Morgan fingerprint density at radius 1 is 0.897 bits per heavy atom. The van der Waals surface area contributed by atoms with Gasteiger partial charge in [-0.2, -0.15) is 0 Å². The van der Waals surface area contributed by atoms with Gasteiger partial charge in [0.15, 0.2) is 0 Å². The van der Waals surface area contributed by atoms with Crippen LogP contribution >= 0.6 is 0 Å². The van der Waals surface area contributed by atoms with E-state index in [-0.39, 0.29) is 13.2 Å². The highest BCUT2D eigenvalue weighted by atomic mass is 16.5. The second-order valence-electron chi connectivity index (χ2n) is 7.63. The quantitative estimate of drug-likeness (QED) is 0.392. The maximum atomic E-state index is 10.5. The number of hydrogen-bond acceptors (Lipinski definition) is 4. The van der Waals surface area contributed by atoms with Crippen molar-refractivity contribution in [2.75, 3.05) is 13.2 Å². The molecule has 0 radical (unpaired) electrons. The lowest BCUT2D eigenvalue weighted by Crippen LogP contribution is -2.08. The van der Waals surface area contributed by atoms with Crippen LogP contribution in [-0.4, -0.2) is 23.4 Å². The zero-order valence-electron chi connectivity index (χ0n) is 17.3. The first-order chi connectivity index (χ1) is 14.2. The number of ether oxygens (including phenoxy) is 1. The Labute approximate surface area is 173 Å². The van der Waals surface area contributed by atoms with Gasteiger partial charge in [-0.05, 0) is 67.1 Å². The Morgan fingerprint density at radius 2 is 1.66 bits per heavy atom. The van der Waals surface area contributed by atoms with E-state index in [2.05, 4.69) is 19.1 Å². The third kappa shape index (κ3) is 6.34. The normalized spacial score (nSPS) is 12.4. The average molecular weight is 397 g/mol. The van der Waals surface area contributed by atoms with Crippen LogP contribution in [0.15, 0.2) is 52.9 Å². The molecule has 1 unspecified atom stereocenters. The molecule has 0 saturated heterocycles. The average Bonchev–Trinajstić information content (AvgIpc) is 3.18. The topological polar surface area (TPSA) is 62.8 Å². The Morgan fingerprint density at radius 3 is 2.41 bits per heavy atom. The Kier molecular flexibility index (Phi) is 8.14. The van der Waals surface area contributed by atoms with Crippen molar-refractivity contribution in [2.45, 2.75) is 58.0 Å². The second kappa shape index (κ2) is 11.0. The summed E-state index contributed by atoms with van der Waals surface area (Å²) in [5.74, 6) is 1.24. The zero-order valence-corrected chi connectivity index (χ0v) is 17.3. The molecule has 29 heavy (non-hydrogen) atoms. The van der Waals surface area contributed by atoms with E-state index in [0.717, 1.165) is 35.8 Å². The number of hydrogen-bond donors (Lipinski definition) is 2. The minimum absolute atomic E-state index is 0.139. The van der Waals surface area contributed by atoms with Gasteiger partial charge in [-0.25, -0.2) is 0 Å². The predicted molar refractivity (Wildman–Crippen MR) is 116 cm³/mol. The first-order valence-electron chi connectivity index (χ1n) is 10.7. The molecule has 0 spiro atoms. The van der Waals surface area contributed by atoms with Gasteiger partial charge in [-0.3, -0.25) is 0 Å². The van der Waals surface area contributed by atoms with Crippen molar-refractivity contribution in [3.8, 4) is 5.75 Å². The van der Waals surface area contributed by atoms with Crippen molar-refractivity contribution in [1.82, 2.24) is 0 Å². The molecule has 0 aliphatic rings. The van der Waals surface area contributed by atoms with Crippen LogP contribution in [0.3, 0.4) is 0 Å². The molecule has 1 heterocycles. The Balaban J connectivity index is 1.55. The molecule has 3 aromatic rings. The first-order valence-corrected chi connectivity index (χ1v) is 10.7. The van der Waals surface area contributed by atoms with Crippen molar-refractivity contribution >= 4 is 11.0 Å². The maximum Gasteiger partial charge on any atom is 0.145 e. The summed E-state index contributed by atoms with van der Waals surface area (Å²) in [6, 6.07) is 15.9. The van der Waals surface area contributed by atoms with E-state index in [0.29, 0.717) is 11.5 Å². The first kappa shape index (κ1) is 21.4. The Hall–Kier alpha value is -2.30. The van der Waals surface area contributed by atoms with Crippen LogP contribution in [0.5, 0.6) is 5.75 Å². The van der Waals surface area contributed by atoms with Gasteiger partial charge >= 0.3 is 0 Å². The third-order valence-corrected chi connectivity index (χ3v) is 5.20. The molecule has 2 N–H and O–H groups in total. The van der Waals surface area contributed by atoms with Gasteiger partial charge in [0.25, 0.3) is 0 Å². The number of aryl methyl sites for hydroxylation is 2. The van der Waals surface area contributed by atoms with Gasteiger partial charge in [-0.1, -0.05) is 44.4 Å². The number of unbranched alkanes of at least 4 members (excludes halogenated alkanes) is 3. The van der Waals surface area contributed by atoms with Crippen molar-refractivity contribution in [1.29, 1.82) is 0 Å². The number of fused-ring (bicyclic) bond motifs is 1. The van der Waals surface area contributed by atoms with E-state index in [1.54, 1.807) is 0 Å². The summed E-state index contributed by atoms with van der Waals surface area (Å²) < 4.78 is 11.5. The van der Waals surface area contributed by atoms with E-state index >= 15 is 0 Å². The highest BCUT2D eigenvalue weighted by Gasteiger charge is 2.15. The minimum atomic E-state index is -0.815. The third-order valence-electron chi connectivity index (χ3n) is 5.20. The molecule has 2 aromatic carbocycles. The lowest BCUT2D eigenvalue weighted by molar-refractivity contribution is 0.0903. The van der Waals surface area contributed by atoms with Crippen LogP contribution in [0.2, 0.25) is 0 Å². The summed E-state index contributed by atoms with van der Waals surface area (Å²) in [5, 5.41) is 20.4.